The molecule has 0 saturated heterocycles. The Kier molecular flexibility index (Phi) is 11.0. The van der Waals surface area contributed by atoms with Crippen LogP contribution in [0, 0.1) is 0 Å². The van der Waals surface area contributed by atoms with E-state index in [-0.39, 0.29) is 10.8 Å². The number of hydrogen-bond donors (Lipinski definition) is 0. The first-order valence-corrected chi connectivity index (χ1v) is 33.2. The molecular weight excluding hydrogens is 1160 g/mol. The van der Waals surface area contributed by atoms with Crippen molar-refractivity contribution in [2.45, 2.75) is 52.4 Å². The number of rotatable bonds is 7. The lowest BCUT2D eigenvalue weighted by molar-refractivity contribution is 0.590. The van der Waals surface area contributed by atoms with E-state index in [0.29, 0.717) is 0 Å². The van der Waals surface area contributed by atoms with E-state index in [1.165, 1.54) is 93.3 Å². The van der Waals surface area contributed by atoms with Gasteiger partial charge in [-0.3, -0.25) is 0 Å². The van der Waals surface area contributed by atoms with E-state index in [4.69, 9.17) is 8.83 Å². The van der Waals surface area contributed by atoms with Gasteiger partial charge in [0, 0.05) is 60.8 Å². The number of fused-ring (bicyclic) bond motifs is 20. The van der Waals surface area contributed by atoms with Crippen LogP contribution in [0.25, 0.3) is 159 Å². The molecule has 0 radical (unpaired) electrons. The van der Waals surface area contributed by atoms with Crippen molar-refractivity contribution in [2.75, 3.05) is 9.80 Å². The molecule has 95 heavy (non-hydrogen) atoms. The minimum absolute atomic E-state index is 0.0659. The Morgan fingerprint density at radius 2 is 0.674 bits per heavy atom. The van der Waals surface area contributed by atoms with Gasteiger partial charge in [0.1, 0.15) is 11.2 Å². The van der Waals surface area contributed by atoms with E-state index in [0.717, 1.165) is 111 Å². The van der Waals surface area contributed by atoms with Crippen LogP contribution in [0.15, 0.2) is 282 Å². The number of hydrogen-bond acceptors (Lipinski definition) is 4. The Labute approximate surface area is 549 Å². The molecular formula is C90H63N3O2. The van der Waals surface area contributed by atoms with Crippen LogP contribution in [0.4, 0.5) is 34.1 Å². The summed E-state index contributed by atoms with van der Waals surface area (Å²) in [4.78, 5) is 4.94. The topological polar surface area (TPSA) is 37.7 Å². The van der Waals surface area contributed by atoms with E-state index >= 15 is 0 Å². The molecule has 5 heteroatoms. The normalized spacial score (nSPS) is 12.7. The van der Waals surface area contributed by atoms with Crippen LogP contribution >= 0.6 is 0 Å². The smallest absolute Gasteiger partial charge is 0.160 e. The molecule has 5 nitrogen and oxygen atoms in total. The SMILES string of the molecule is CC(C)(C)c1ccc(N(c2cc3c4c(cccc4c2)-c2ccccc2-3)c2cc3c(c4c2oc2ccccc24)c2c4c(oc5ccccc54)c(N(c4ccc(C(C)(C)C)cc4)c4cc5c6c(cccc6c4)-c4ccccc4-5)cc2n3-c2ccc3c(ccc4ccccc43)c2)cc1. The second kappa shape index (κ2) is 19.5. The lowest BCUT2D eigenvalue weighted by atomic mass is 9.87. The third-order valence-electron chi connectivity index (χ3n) is 20.9. The van der Waals surface area contributed by atoms with Gasteiger partial charge in [0.15, 0.2) is 11.2 Å². The Morgan fingerprint density at radius 3 is 1.16 bits per heavy atom. The zero-order valence-electron chi connectivity index (χ0n) is 53.6. The highest BCUT2D eigenvalue weighted by Gasteiger charge is 2.34. The second-order valence-corrected chi connectivity index (χ2v) is 28.4. The highest BCUT2D eigenvalue weighted by atomic mass is 16.3. The standard InChI is InChI=1S/C90H63N3O2/c1-89(2,3)56-35-39-58(40-36-56)91(61-46-54-20-17-29-69-65-23-9-11-25-67(65)73(48-61)81(54)69)77-50-75-85(83-71-27-13-15-31-79(71)94-87(77)83)86-76(93(75)60-43-44-64-53(45-60)34-33-52-19-7-8-22-63(52)64)51-78(88-84(86)72-28-14-16-32-80(72)95-88)92(59-41-37-57(38-42-59)90(4,5)6)62-47-55-21-18-30-70-66-24-10-12-26-68(66)74(49-62)82(55)70/h7-51H,1-6H3. The Hall–Kier alpha value is -11.7. The molecule has 2 aliphatic carbocycles. The molecule has 0 saturated carbocycles. The van der Waals surface area contributed by atoms with Crippen LogP contribution in [-0.2, 0) is 10.8 Å². The van der Waals surface area contributed by atoms with Crippen molar-refractivity contribution >= 4 is 143 Å². The molecule has 2 aliphatic rings. The van der Waals surface area contributed by atoms with Gasteiger partial charge in [-0.1, -0.05) is 230 Å². The third-order valence-corrected chi connectivity index (χ3v) is 20.9. The average molecular weight is 1220 g/mol. The van der Waals surface area contributed by atoms with Crippen molar-refractivity contribution in [1.82, 2.24) is 4.57 Å². The first kappa shape index (κ1) is 53.9. The predicted octanol–water partition coefficient (Wildman–Crippen LogP) is 26.0. The summed E-state index contributed by atoms with van der Waals surface area (Å²) in [5.74, 6) is 0. The predicted molar refractivity (Wildman–Crippen MR) is 401 cm³/mol. The highest BCUT2D eigenvalue weighted by molar-refractivity contribution is 6.38. The summed E-state index contributed by atoms with van der Waals surface area (Å²) < 4.78 is 17.7. The molecule has 0 atom stereocenters. The van der Waals surface area contributed by atoms with Crippen LogP contribution in [0.3, 0.4) is 0 Å². The molecule has 18 aromatic rings. The molecule has 0 aliphatic heterocycles. The van der Waals surface area contributed by atoms with E-state index in [9.17, 15) is 0 Å². The maximum atomic E-state index is 7.56. The minimum atomic E-state index is -0.0659. The molecule has 3 heterocycles. The van der Waals surface area contributed by atoms with E-state index in [1.54, 1.807) is 0 Å². The molecule has 3 aromatic heterocycles. The van der Waals surface area contributed by atoms with Gasteiger partial charge in [0.05, 0.1) is 22.4 Å². The van der Waals surface area contributed by atoms with Gasteiger partial charge in [-0.2, -0.15) is 0 Å². The first-order chi connectivity index (χ1) is 46.4. The van der Waals surface area contributed by atoms with Crippen LogP contribution in [0.2, 0.25) is 0 Å². The van der Waals surface area contributed by atoms with Crippen LogP contribution in [0.5, 0.6) is 0 Å². The van der Waals surface area contributed by atoms with E-state index in [2.05, 4.69) is 329 Å². The van der Waals surface area contributed by atoms with Crippen LogP contribution < -0.4 is 9.80 Å². The number of benzene rings is 15. The van der Waals surface area contributed by atoms with Crippen molar-refractivity contribution in [3.63, 3.8) is 0 Å². The van der Waals surface area contributed by atoms with Crippen molar-refractivity contribution < 1.29 is 8.83 Å². The van der Waals surface area contributed by atoms with Gasteiger partial charge < -0.3 is 23.2 Å². The zero-order valence-corrected chi connectivity index (χ0v) is 53.6. The van der Waals surface area contributed by atoms with Gasteiger partial charge >= 0.3 is 0 Å². The average Bonchev–Trinajstić information content (AvgIpc) is 1.53. The number of nitrogens with zero attached hydrogens (tertiary/aromatic N) is 3. The summed E-state index contributed by atoms with van der Waals surface area (Å²) >= 11 is 0. The summed E-state index contributed by atoms with van der Waals surface area (Å²) in [7, 11) is 0. The molecule has 0 N–H and O–H groups in total. The largest absolute Gasteiger partial charge is 0.454 e. The Morgan fingerprint density at radius 1 is 0.274 bits per heavy atom. The van der Waals surface area contributed by atoms with Crippen molar-refractivity contribution in [1.29, 1.82) is 0 Å². The fourth-order valence-electron chi connectivity index (χ4n) is 16.4. The molecule has 0 fully saturated rings. The monoisotopic (exact) mass is 1220 g/mol. The number of para-hydroxylation sites is 2. The molecule has 0 amide bonds. The molecule has 0 bridgehead atoms. The summed E-state index contributed by atoms with van der Waals surface area (Å²) in [6.45, 7) is 13.7. The first-order valence-electron chi connectivity index (χ1n) is 33.2. The quantitative estimate of drug-likeness (QED) is 0.149. The zero-order chi connectivity index (χ0) is 63.3. The van der Waals surface area contributed by atoms with Gasteiger partial charge in [-0.15, -0.1) is 0 Å². The van der Waals surface area contributed by atoms with Crippen molar-refractivity contribution in [3.8, 4) is 50.2 Å². The fraction of sp³-hybridized carbons (Fsp3) is 0.0889. The summed E-state index contributed by atoms with van der Waals surface area (Å²) in [5.41, 5.74) is 24.7. The molecule has 0 spiro atoms. The summed E-state index contributed by atoms with van der Waals surface area (Å²) in [6.07, 6.45) is 0. The summed E-state index contributed by atoms with van der Waals surface area (Å²) in [6, 6.07) is 102. The van der Waals surface area contributed by atoms with Gasteiger partial charge in [0.2, 0.25) is 0 Å². The van der Waals surface area contributed by atoms with Gasteiger partial charge in [-0.05, 0) is 194 Å². The van der Waals surface area contributed by atoms with Crippen molar-refractivity contribution in [2.24, 2.45) is 0 Å². The third kappa shape index (κ3) is 7.78. The fourth-order valence-corrected chi connectivity index (χ4v) is 16.4. The minimum Gasteiger partial charge on any atom is -0.454 e. The number of anilines is 6. The van der Waals surface area contributed by atoms with Crippen LogP contribution in [0.1, 0.15) is 52.7 Å². The summed E-state index contributed by atoms with van der Waals surface area (Å²) in [5, 5.41) is 16.1. The van der Waals surface area contributed by atoms with E-state index in [1.807, 2.05) is 0 Å². The lowest BCUT2D eigenvalue weighted by Gasteiger charge is -2.28. The van der Waals surface area contributed by atoms with E-state index < -0.39 is 0 Å². The Bertz CT molecular complexity index is 6030. The number of aromatic nitrogens is 1. The second-order valence-electron chi connectivity index (χ2n) is 28.4. The van der Waals surface area contributed by atoms with Gasteiger partial charge in [-0.25, -0.2) is 0 Å². The van der Waals surface area contributed by atoms with Crippen LogP contribution in [-0.4, -0.2) is 4.57 Å². The maximum absolute atomic E-state index is 7.56. The van der Waals surface area contributed by atoms with Gasteiger partial charge in [0.25, 0.3) is 0 Å². The lowest BCUT2D eigenvalue weighted by Crippen LogP contribution is -2.13. The Balaban J connectivity index is 0.961. The molecule has 15 aromatic carbocycles. The molecule has 450 valence electrons. The maximum Gasteiger partial charge on any atom is 0.160 e. The number of furan rings is 2. The highest BCUT2D eigenvalue weighted by Crippen LogP contribution is 2.57. The molecule has 20 rings (SSSR count). The van der Waals surface area contributed by atoms with Crippen molar-refractivity contribution in [3.05, 3.63) is 284 Å². The molecule has 0 unspecified atom stereocenters.